The molecular weight excluding hydrogens is 348 g/mol. The number of benzene rings is 2. The molecule has 0 aliphatic heterocycles. The van der Waals surface area contributed by atoms with Gasteiger partial charge in [0.2, 0.25) is 0 Å². The highest BCUT2D eigenvalue weighted by atomic mass is 79.9. The Morgan fingerprint density at radius 3 is 2.67 bits per heavy atom. The van der Waals surface area contributed by atoms with Crippen LogP contribution in [0, 0.1) is 0 Å². The van der Waals surface area contributed by atoms with Gasteiger partial charge in [0, 0.05) is 16.2 Å². The van der Waals surface area contributed by atoms with E-state index >= 15 is 0 Å². The zero-order valence-electron chi connectivity index (χ0n) is 11.3. The van der Waals surface area contributed by atoms with Crippen molar-refractivity contribution in [3.05, 3.63) is 57.9 Å². The highest BCUT2D eigenvalue weighted by Crippen LogP contribution is 2.30. The lowest BCUT2D eigenvalue weighted by atomic mass is 10.2. The summed E-state index contributed by atoms with van der Waals surface area (Å²) in [6, 6.07) is 15.4. The van der Waals surface area contributed by atoms with Crippen molar-refractivity contribution in [1.29, 1.82) is 0 Å². The Labute approximate surface area is 135 Å². The molecule has 0 aliphatic carbocycles. The first-order valence-electron chi connectivity index (χ1n) is 6.38. The van der Waals surface area contributed by atoms with Crippen molar-refractivity contribution in [2.75, 3.05) is 17.7 Å². The lowest BCUT2D eigenvalue weighted by molar-refractivity contribution is 0.0997. The molecule has 0 unspecified atom stereocenters. The number of fused-ring (bicyclic) bond motifs is 1. The van der Waals surface area contributed by atoms with Crippen LogP contribution in [0.2, 0.25) is 0 Å². The first-order chi connectivity index (χ1) is 10.1. The van der Waals surface area contributed by atoms with Crippen LogP contribution in [0.3, 0.4) is 0 Å². The van der Waals surface area contributed by atoms with Crippen molar-refractivity contribution >= 4 is 54.6 Å². The molecule has 0 fully saturated rings. The van der Waals surface area contributed by atoms with Gasteiger partial charge in [0.25, 0.3) is 5.91 Å². The predicted octanol–water partition coefficient (Wildman–Crippen LogP) is 4.52. The number of rotatable bonds is 2. The second kappa shape index (κ2) is 5.50. The van der Waals surface area contributed by atoms with Gasteiger partial charge in [-0.05, 0) is 35.7 Å². The average molecular weight is 361 g/mol. The van der Waals surface area contributed by atoms with Gasteiger partial charge in [0.05, 0.1) is 16.3 Å². The van der Waals surface area contributed by atoms with Crippen molar-refractivity contribution in [1.82, 2.24) is 0 Å². The first kappa shape index (κ1) is 14.1. The van der Waals surface area contributed by atoms with Crippen LogP contribution in [0.5, 0.6) is 0 Å². The fourth-order valence-corrected chi connectivity index (χ4v) is 3.61. The molecule has 21 heavy (non-hydrogen) atoms. The molecule has 3 rings (SSSR count). The van der Waals surface area contributed by atoms with Crippen LogP contribution in [0.1, 0.15) is 9.67 Å². The molecule has 1 heterocycles. The molecule has 2 aromatic carbocycles. The molecule has 0 atom stereocenters. The Morgan fingerprint density at radius 1 is 1.19 bits per heavy atom. The molecule has 5 heteroatoms. The van der Waals surface area contributed by atoms with Gasteiger partial charge in [-0.15, -0.1) is 11.3 Å². The summed E-state index contributed by atoms with van der Waals surface area (Å²) in [5.74, 6) is -0.0507. The molecule has 1 aromatic heterocycles. The van der Waals surface area contributed by atoms with E-state index in [9.17, 15) is 4.79 Å². The lowest BCUT2D eigenvalue weighted by Crippen LogP contribution is -2.26. The third-order valence-corrected chi connectivity index (χ3v) is 4.89. The largest absolute Gasteiger partial charge is 0.397 e. The maximum atomic E-state index is 12.6. The Kier molecular flexibility index (Phi) is 3.69. The summed E-state index contributed by atoms with van der Waals surface area (Å²) in [6.07, 6.45) is 0. The van der Waals surface area contributed by atoms with E-state index in [2.05, 4.69) is 15.9 Å². The standard InChI is InChI=1S/C16H13BrN2OS/c1-19(13-7-6-11(17)9-12(13)18)16(20)15-8-10-4-2-3-5-14(10)21-15/h2-9H,18H2,1H3. The van der Waals surface area contributed by atoms with Crippen LogP contribution in [-0.2, 0) is 0 Å². The summed E-state index contributed by atoms with van der Waals surface area (Å²) >= 11 is 4.87. The monoisotopic (exact) mass is 360 g/mol. The maximum Gasteiger partial charge on any atom is 0.268 e. The second-order valence-corrected chi connectivity index (χ2v) is 6.72. The molecule has 3 aromatic rings. The zero-order valence-corrected chi connectivity index (χ0v) is 13.7. The van der Waals surface area contributed by atoms with Crippen molar-refractivity contribution in [3.63, 3.8) is 0 Å². The van der Waals surface area contributed by atoms with E-state index in [1.54, 1.807) is 18.0 Å². The van der Waals surface area contributed by atoms with Crippen molar-refractivity contribution < 1.29 is 4.79 Å². The number of thiophene rings is 1. The average Bonchev–Trinajstić information content (AvgIpc) is 2.89. The summed E-state index contributed by atoms with van der Waals surface area (Å²) in [4.78, 5) is 14.9. The van der Waals surface area contributed by atoms with Gasteiger partial charge in [-0.2, -0.15) is 0 Å². The van der Waals surface area contributed by atoms with Gasteiger partial charge in [-0.25, -0.2) is 0 Å². The third kappa shape index (κ3) is 2.66. The Hall–Kier alpha value is -1.85. The minimum absolute atomic E-state index is 0.0507. The van der Waals surface area contributed by atoms with Crippen molar-refractivity contribution in [2.24, 2.45) is 0 Å². The van der Waals surface area contributed by atoms with E-state index in [1.807, 2.05) is 42.5 Å². The van der Waals surface area contributed by atoms with Crippen LogP contribution < -0.4 is 10.6 Å². The van der Waals surface area contributed by atoms with Gasteiger partial charge in [-0.3, -0.25) is 4.79 Å². The van der Waals surface area contributed by atoms with Crippen molar-refractivity contribution in [3.8, 4) is 0 Å². The molecule has 0 radical (unpaired) electrons. The number of carbonyl (C=O) groups excluding carboxylic acids is 1. The summed E-state index contributed by atoms with van der Waals surface area (Å²) in [6.45, 7) is 0. The molecule has 0 bridgehead atoms. The number of halogens is 1. The van der Waals surface area contributed by atoms with Gasteiger partial charge >= 0.3 is 0 Å². The van der Waals surface area contributed by atoms with Crippen molar-refractivity contribution in [2.45, 2.75) is 0 Å². The number of hydrogen-bond acceptors (Lipinski definition) is 3. The topological polar surface area (TPSA) is 46.3 Å². The van der Waals surface area contributed by atoms with Gasteiger partial charge in [0.1, 0.15) is 0 Å². The molecule has 0 aliphatic rings. The Bertz CT molecular complexity index is 795. The molecule has 1 amide bonds. The summed E-state index contributed by atoms with van der Waals surface area (Å²) in [5.41, 5.74) is 7.27. The second-order valence-electron chi connectivity index (χ2n) is 4.72. The molecule has 0 saturated heterocycles. The molecule has 2 N–H and O–H groups in total. The Morgan fingerprint density at radius 2 is 1.95 bits per heavy atom. The van der Waals surface area contributed by atoms with Crippen LogP contribution in [0.15, 0.2) is 53.0 Å². The number of anilines is 2. The normalized spacial score (nSPS) is 10.8. The zero-order chi connectivity index (χ0) is 15.0. The van der Waals surface area contributed by atoms with Crippen LogP contribution in [0.4, 0.5) is 11.4 Å². The van der Waals surface area contributed by atoms with Crippen LogP contribution >= 0.6 is 27.3 Å². The van der Waals surface area contributed by atoms with E-state index in [1.165, 1.54) is 11.3 Å². The third-order valence-electron chi connectivity index (χ3n) is 3.29. The minimum Gasteiger partial charge on any atom is -0.397 e. The van der Waals surface area contributed by atoms with E-state index in [0.29, 0.717) is 16.3 Å². The molecule has 0 spiro atoms. The number of hydrogen-bond donors (Lipinski definition) is 1. The number of nitrogens with two attached hydrogens (primary N) is 1. The highest BCUT2D eigenvalue weighted by Gasteiger charge is 2.18. The van der Waals surface area contributed by atoms with E-state index in [0.717, 1.165) is 14.6 Å². The lowest BCUT2D eigenvalue weighted by Gasteiger charge is -2.18. The summed E-state index contributed by atoms with van der Waals surface area (Å²) < 4.78 is 2.00. The Balaban J connectivity index is 1.97. The minimum atomic E-state index is -0.0507. The van der Waals surface area contributed by atoms with Gasteiger partial charge < -0.3 is 10.6 Å². The fourth-order valence-electron chi connectivity index (χ4n) is 2.19. The van der Waals surface area contributed by atoms with E-state index in [4.69, 9.17) is 5.73 Å². The van der Waals surface area contributed by atoms with Gasteiger partial charge in [0.15, 0.2) is 0 Å². The van der Waals surface area contributed by atoms with E-state index in [-0.39, 0.29) is 5.91 Å². The maximum absolute atomic E-state index is 12.6. The van der Waals surface area contributed by atoms with Crippen LogP contribution in [0.25, 0.3) is 10.1 Å². The smallest absolute Gasteiger partial charge is 0.268 e. The molecular formula is C16H13BrN2OS. The molecule has 0 saturated carbocycles. The molecule has 3 nitrogen and oxygen atoms in total. The first-order valence-corrected chi connectivity index (χ1v) is 7.99. The van der Waals surface area contributed by atoms with Crippen LogP contribution in [-0.4, -0.2) is 13.0 Å². The number of nitrogen functional groups attached to an aromatic ring is 1. The van der Waals surface area contributed by atoms with Gasteiger partial charge in [-0.1, -0.05) is 34.1 Å². The summed E-state index contributed by atoms with van der Waals surface area (Å²) in [7, 11) is 1.74. The number of carbonyl (C=O) groups is 1. The van der Waals surface area contributed by atoms with E-state index < -0.39 is 0 Å². The SMILES string of the molecule is CN(C(=O)c1cc2ccccc2s1)c1ccc(Br)cc1N. The number of nitrogens with zero attached hydrogens (tertiary/aromatic N) is 1. The molecule has 106 valence electrons. The summed E-state index contributed by atoms with van der Waals surface area (Å²) in [5, 5.41) is 1.09. The number of amides is 1. The quantitative estimate of drug-likeness (QED) is 0.682. The predicted molar refractivity (Wildman–Crippen MR) is 93.1 cm³/mol. The fraction of sp³-hybridized carbons (Fsp3) is 0.0625. The highest BCUT2D eigenvalue weighted by molar-refractivity contribution is 9.10.